The van der Waals surface area contributed by atoms with E-state index in [1.807, 2.05) is 0 Å². The minimum atomic E-state index is -3.71. The Balaban J connectivity index is 2.52. The molecule has 1 heterocycles. The molecule has 6 heteroatoms. The molecular formula is C10H8ClNO3S. The van der Waals surface area contributed by atoms with Crippen molar-refractivity contribution in [2.45, 2.75) is 11.8 Å². The summed E-state index contributed by atoms with van der Waals surface area (Å²) in [4.78, 5) is 4.15. The van der Waals surface area contributed by atoms with Crippen LogP contribution in [0.1, 0.15) is 5.89 Å². The van der Waals surface area contributed by atoms with Crippen molar-refractivity contribution in [3.8, 4) is 11.3 Å². The van der Waals surface area contributed by atoms with Gasteiger partial charge in [-0.2, -0.15) is 0 Å². The van der Waals surface area contributed by atoms with Crippen LogP contribution in [0.15, 0.2) is 39.8 Å². The van der Waals surface area contributed by atoms with Crippen molar-refractivity contribution in [2.75, 3.05) is 0 Å². The van der Waals surface area contributed by atoms with Gasteiger partial charge in [0, 0.05) is 23.2 Å². The second kappa shape index (κ2) is 3.92. The highest BCUT2D eigenvalue weighted by Crippen LogP contribution is 2.23. The van der Waals surface area contributed by atoms with Crippen molar-refractivity contribution in [2.24, 2.45) is 0 Å². The summed E-state index contributed by atoms with van der Waals surface area (Å²) in [5, 5.41) is 0. The zero-order valence-electron chi connectivity index (χ0n) is 8.34. The Labute approximate surface area is 97.3 Å². The molecule has 16 heavy (non-hydrogen) atoms. The number of aryl methyl sites for hydroxylation is 1. The van der Waals surface area contributed by atoms with E-state index in [0.717, 1.165) is 0 Å². The van der Waals surface area contributed by atoms with Crippen molar-refractivity contribution in [3.63, 3.8) is 0 Å². The minimum Gasteiger partial charge on any atom is -0.449 e. The molecule has 0 fully saturated rings. The van der Waals surface area contributed by atoms with Crippen LogP contribution in [-0.4, -0.2) is 13.4 Å². The van der Waals surface area contributed by atoms with Gasteiger partial charge in [-0.1, -0.05) is 12.1 Å². The van der Waals surface area contributed by atoms with Crippen LogP contribution in [0.4, 0.5) is 0 Å². The third-order valence-electron chi connectivity index (χ3n) is 2.03. The lowest BCUT2D eigenvalue weighted by molar-refractivity contribution is 0.521. The Morgan fingerprint density at radius 3 is 2.69 bits per heavy atom. The Morgan fingerprint density at radius 2 is 2.12 bits per heavy atom. The predicted molar refractivity (Wildman–Crippen MR) is 59.7 cm³/mol. The molecule has 0 spiro atoms. The molecule has 0 N–H and O–H groups in total. The smallest absolute Gasteiger partial charge is 0.261 e. The van der Waals surface area contributed by atoms with Crippen LogP contribution in [0.2, 0.25) is 0 Å². The fourth-order valence-electron chi connectivity index (χ4n) is 1.30. The first kappa shape index (κ1) is 11.2. The molecule has 0 radical (unpaired) electrons. The Hall–Kier alpha value is -1.33. The third kappa shape index (κ3) is 2.25. The van der Waals surface area contributed by atoms with E-state index < -0.39 is 9.05 Å². The molecule has 0 aliphatic heterocycles. The quantitative estimate of drug-likeness (QED) is 0.776. The second-order valence-electron chi connectivity index (χ2n) is 3.22. The number of aromatic nitrogens is 1. The van der Waals surface area contributed by atoms with Crippen LogP contribution in [0, 0.1) is 6.92 Å². The van der Waals surface area contributed by atoms with E-state index in [1.54, 1.807) is 19.1 Å². The van der Waals surface area contributed by atoms with Gasteiger partial charge in [0.05, 0.1) is 4.90 Å². The normalized spacial score (nSPS) is 11.6. The molecule has 2 aromatic rings. The van der Waals surface area contributed by atoms with E-state index >= 15 is 0 Å². The first-order chi connectivity index (χ1) is 7.47. The van der Waals surface area contributed by atoms with E-state index in [-0.39, 0.29) is 4.90 Å². The van der Waals surface area contributed by atoms with E-state index in [1.165, 1.54) is 18.4 Å². The third-order valence-corrected chi connectivity index (χ3v) is 3.38. The van der Waals surface area contributed by atoms with Crippen LogP contribution >= 0.6 is 10.7 Å². The van der Waals surface area contributed by atoms with E-state index in [2.05, 4.69) is 4.98 Å². The van der Waals surface area contributed by atoms with Crippen molar-refractivity contribution < 1.29 is 12.8 Å². The van der Waals surface area contributed by atoms with Gasteiger partial charge in [-0.3, -0.25) is 0 Å². The minimum absolute atomic E-state index is 0.0484. The molecule has 4 nitrogen and oxygen atoms in total. The summed E-state index contributed by atoms with van der Waals surface area (Å²) in [5.74, 6) is 0.522. The second-order valence-corrected chi connectivity index (χ2v) is 5.78. The Kier molecular flexibility index (Phi) is 2.73. The topological polar surface area (TPSA) is 60.2 Å². The lowest BCUT2D eigenvalue weighted by Gasteiger charge is -1.98. The van der Waals surface area contributed by atoms with Gasteiger partial charge in [-0.05, 0) is 12.1 Å². The maximum absolute atomic E-state index is 11.1. The van der Waals surface area contributed by atoms with Crippen LogP contribution in [0.25, 0.3) is 11.3 Å². The van der Waals surface area contributed by atoms with Gasteiger partial charge >= 0.3 is 0 Å². The number of nitrogens with zero attached hydrogens (tertiary/aromatic N) is 1. The lowest BCUT2D eigenvalue weighted by atomic mass is 10.2. The van der Waals surface area contributed by atoms with Crippen LogP contribution in [0.3, 0.4) is 0 Å². The zero-order chi connectivity index (χ0) is 11.8. The molecule has 0 unspecified atom stereocenters. The molecule has 0 atom stereocenters. The number of halogens is 1. The van der Waals surface area contributed by atoms with E-state index in [0.29, 0.717) is 17.1 Å². The monoisotopic (exact) mass is 257 g/mol. The maximum atomic E-state index is 11.1. The maximum Gasteiger partial charge on any atom is 0.261 e. The molecule has 84 valence electrons. The number of hydrogen-bond donors (Lipinski definition) is 0. The summed E-state index contributed by atoms with van der Waals surface area (Å²) in [6.07, 6.45) is 1.47. The van der Waals surface area contributed by atoms with Crippen LogP contribution in [0.5, 0.6) is 0 Å². The van der Waals surface area contributed by atoms with Gasteiger partial charge in [0.2, 0.25) is 0 Å². The summed E-state index contributed by atoms with van der Waals surface area (Å²) < 4.78 is 27.3. The highest BCUT2D eigenvalue weighted by atomic mass is 35.7. The standard InChI is InChI=1S/C10H8ClNO3S/c1-7-12-10(6-15-7)8-3-2-4-9(5-8)16(11,13)14/h2-6H,1H3. The molecule has 1 aromatic heterocycles. The number of rotatable bonds is 2. The van der Waals surface area contributed by atoms with Gasteiger partial charge in [0.1, 0.15) is 12.0 Å². The van der Waals surface area contributed by atoms with E-state index in [9.17, 15) is 8.42 Å². The lowest BCUT2D eigenvalue weighted by Crippen LogP contribution is -1.90. The summed E-state index contributed by atoms with van der Waals surface area (Å²) in [5.41, 5.74) is 1.23. The number of hydrogen-bond acceptors (Lipinski definition) is 4. The van der Waals surface area contributed by atoms with Crippen molar-refractivity contribution in [1.29, 1.82) is 0 Å². The van der Waals surface area contributed by atoms with Crippen LogP contribution in [-0.2, 0) is 9.05 Å². The van der Waals surface area contributed by atoms with Crippen molar-refractivity contribution in [1.82, 2.24) is 4.98 Å². The molecule has 0 bridgehead atoms. The molecular weight excluding hydrogens is 250 g/mol. The zero-order valence-corrected chi connectivity index (χ0v) is 9.92. The number of benzene rings is 1. The van der Waals surface area contributed by atoms with Gasteiger partial charge in [-0.15, -0.1) is 0 Å². The van der Waals surface area contributed by atoms with Gasteiger partial charge in [-0.25, -0.2) is 13.4 Å². The molecule has 0 saturated carbocycles. The van der Waals surface area contributed by atoms with Gasteiger partial charge in [0.25, 0.3) is 9.05 Å². The SMILES string of the molecule is Cc1nc(-c2cccc(S(=O)(=O)Cl)c2)co1. The molecule has 0 aliphatic carbocycles. The average Bonchev–Trinajstić information content (AvgIpc) is 2.64. The summed E-state index contributed by atoms with van der Waals surface area (Å²) >= 11 is 0. The number of oxazole rings is 1. The summed E-state index contributed by atoms with van der Waals surface area (Å²) in [6.45, 7) is 1.71. The summed E-state index contributed by atoms with van der Waals surface area (Å²) in [6, 6.07) is 6.23. The highest BCUT2D eigenvalue weighted by molar-refractivity contribution is 8.13. The molecule has 0 saturated heterocycles. The highest BCUT2D eigenvalue weighted by Gasteiger charge is 2.11. The predicted octanol–water partition coefficient (Wildman–Crippen LogP) is 2.58. The van der Waals surface area contributed by atoms with Crippen molar-refractivity contribution >= 4 is 19.7 Å². The van der Waals surface area contributed by atoms with Gasteiger partial charge < -0.3 is 4.42 Å². The van der Waals surface area contributed by atoms with Gasteiger partial charge in [0.15, 0.2) is 5.89 Å². The molecule has 2 rings (SSSR count). The average molecular weight is 258 g/mol. The van der Waals surface area contributed by atoms with E-state index in [4.69, 9.17) is 15.1 Å². The largest absolute Gasteiger partial charge is 0.449 e. The fourth-order valence-corrected chi connectivity index (χ4v) is 2.10. The first-order valence-corrected chi connectivity index (χ1v) is 6.75. The Bertz CT molecular complexity index is 618. The molecule has 1 aromatic carbocycles. The van der Waals surface area contributed by atoms with Crippen molar-refractivity contribution in [3.05, 3.63) is 36.4 Å². The fraction of sp³-hybridized carbons (Fsp3) is 0.100. The Morgan fingerprint density at radius 1 is 1.38 bits per heavy atom. The molecule has 0 amide bonds. The summed E-state index contributed by atoms with van der Waals surface area (Å²) in [7, 11) is 1.54. The molecule has 0 aliphatic rings. The van der Waals surface area contributed by atoms with Crippen LogP contribution < -0.4 is 0 Å². The first-order valence-electron chi connectivity index (χ1n) is 4.44.